The summed E-state index contributed by atoms with van der Waals surface area (Å²) in [6.07, 6.45) is 5.63. The average molecular weight is 600 g/mol. The summed E-state index contributed by atoms with van der Waals surface area (Å²) >= 11 is 0. The van der Waals surface area contributed by atoms with Crippen molar-refractivity contribution in [1.82, 2.24) is 14.5 Å². The number of nitrogen functional groups attached to an aromatic ring is 1. The van der Waals surface area contributed by atoms with Gasteiger partial charge in [-0.2, -0.15) is 13.8 Å². The summed E-state index contributed by atoms with van der Waals surface area (Å²) in [5.41, 5.74) is 6.83. The molecule has 0 atom stereocenters. The van der Waals surface area contributed by atoms with Crippen molar-refractivity contribution in [2.75, 3.05) is 0 Å². The van der Waals surface area contributed by atoms with Gasteiger partial charge < -0.3 is 34.7 Å². The molecule has 11 nitrogen and oxygen atoms in total. The monoisotopic (exact) mass is 599 g/mol. The third kappa shape index (κ3) is 6.46. The normalized spacial score (nSPS) is 11.0. The van der Waals surface area contributed by atoms with E-state index in [2.05, 4.69) is 9.97 Å². The highest BCUT2D eigenvalue weighted by Crippen LogP contribution is 2.41. The summed E-state index contributed by atoms with van der Waals surface area (Å²) in [6, 6.07) is 16.0. The van der Waals surface area contributed by atoms with E-state index >= 15 is 8.78 Å². The summed E-state index contributed by atoms with van der Waals surface area (Å²) in [7, 11) is 1.80. The van der Waals surface area contributed by atoms with Gasteiger partial charge in [0.25, 0.3) is 11.8 Å². The highest BCUT2D eigenvalue weighted by molar-refractivity contribution is 5.95. The molecule has 0 unspecified atom stereocenters. The fraction of sp³-hybridized carbons (Fsp3) is 0.0323. The van der Waals surface area contributed by atoms with Crippen LogP contribution in [0.1, 0.15) is 11.1 Å². The highest BCUT2D eigenvalue weighted by atomic mass is 19.1. The van der Waals surface area contributed by atoms with Crippen LogP contribution in [0.2, 0.25) is 0 Å². The van der Waals surface area contributed by atoms with Crippen LogP contribution in [0.3, 0.4) is 0 Å². The van der Waals surface area contributed by atoms with E-state index in [0.717, 1.165) is 6.08 Å². The maximum Gasteiger partial charge on any atom is 0.328 e. The van der Waals surface area contributed by atoms with Gasteiger partial charge in [-0.3, -0.25) is 5.41 Å². The maximum absolute atomic E-state index is 15.8. The van der Waals surface area contributed by atoms with Gasteiger partial charge in [0.05, 0.1) is 0 Å². The minimum absolute atomic E-state index is 0.00317. The summed E-state index contributed by atoms with van der Waals surface area (Å²) in [5.74, 6) is -6.61. The van der Waals surface area contributed by atoms with Crippen LogP contribution in [-0.4, -0.2) is 36.6 Å². The second-order valence-electron chi connectivity index (χ2n) is 9.21. The van der Waals surface area contributed by atoms with Crippen molar-refractivity contribution in [2.24, 2.45) is 12.8 Å². The number of hydrogen-bond acceptors (Lipinski definition) is 8. The van der Waals surface area contributed by atoms with Gasteiger partial charge in [0.2, 0.25) is 17.4 Å². The average Bonchev–Trinajstić information content (AvgIpc) is 3.44. The lowest BCUT2D eigenvalue weighted by atomic mass is 10.2. The van der Waals surface area contributed by atoms with E-state index in [0.29, 0.717) is 17.0 Å². The number of halogens is 2. The van der Waals surface area contributed by atoms with Crippen LogP contribution >= 0.6 is 0 Å². The van der Waals surface area contributed by atoms with E-state index in [-0.39, 0.29) is 28.6 Å². The molecule has 0 spiro atoms. The number of phenols is 1. The van der Waals surface area contributed by atoms with E-state index in [1.807, 2.05) is 0 Å². The summed E-state index contributed by atoms with van der Waals surface area (Å²) < 4.78 is 50.1. The number of carboxylic acids is 1. The van der Waals surface area contributed by atoms with Gasteiger partial charge >= 0.3 is 5.97 Å². The molecule has 5 N–H and O–H groups in total. The number of aromatic nitrogens is 3. The van der Waals surface area contributed by atoms with E-state index in [1.165, 1.54) is 54.6 Å². The van der Waals surface area contributed by atoms with Crippen molar-refractivity contribution in [3.05, 3.63) is 108 Å². The van der Waals surface area contributed by atoms with E-state index < -0.39 is 40.9 Å². The summed E-state index contributed by atoms with van der Waals surface area (Å²) in [5, 5.41) is 26.8. The van der Waals surface area contributed by atoms with Crippen LogP contribution in [-0.2, 0) is 11.8 Å². The van der Waals surface area contributed by atoms with Gasteiger partial charge in [-0.25, -0.2) is 9.78 Å². The second-order valence-corrected chi connectivity index (χ2v) is 9.21. The number of nitrogens with two attached hydrogens (primary N) is 1. The number of pyridine rings is 1. The molecule has 0 aliphatic heterocycles. The Balaban J connectivity index is 1.55. The number of aryl methyl sites for hydroxylation is 1. The standard InChI is InChI=1S/C31H23F2N5O6/c1-38-14-13-36-29(38)19-3-2-4-21(15-19)43-30-25(32)27(42-20-9-5-17(6-10-20)7-12-24(40)41)26(33)31(37-30)44-23-16-18(28(34)35)8-11-22(23)39/h2-16,39H,1H3,(H3,34,35)(H,40,41)/b12-7+. The molecule has 2 aromatic heterocycles. The fourth-order valence-electron chi connectivity index (χ4n) is 3.96. The number of carboxylic acid groups (broad SMARTS) is 1. The zero-order valence-electron chi connectivity index (χ0n) is 22.9. The van der Waals surface area contributed by atoms with E-state index in [9.17, 15) is 9.90 Å². The minimum atomic E-state index is -1.36. The molecule has 0 radical (unpaired) electrons. The Labute approximate surface area is 248 Å². The van der Waals surface area contributed by atoms with Crippen molar-refractivity contribution < 1.29 is 38.0 Å². The first-order valence-corrected chi connectivity index (χ1v) is 12.8. The van der Waals surface area contributed by atoms with Gasteiger partial charge in [-0.05, 0) is 54.1 Å². The van der Waals surface area contributed by atoms with Gasteiger partial charge in [-0.1, -0.05) is 24.3 Å². The van der Waals surface area contributed by atoms with Crippen molar-refractivity contribution in [3.63, 3.8) is 0 Å². The number of benzene rings is 3. The Kier molecular flexibility index (Phi) is 8.20. The Morgan fingerprint density at radius 1 is 0.977 bits per heavy atom. The Morgan fingerprint density at radius 2 is 1.70 bits per heavy atom. The van der Waals surface area contributed by atoms with E-state index in [4.69, 9.17) is 30.5 Å². The fourth-order valence-corrected chi connectivity index (χ4v) is 3.96. The molecule has 0 saturated carbocycles. The molecule has 13 heteroatoms. The lowest BCUT2D eigenvalue weighted by Gasteiger charge is -2.15. The van der Waals surface area contributed by atoms with Crippen LogP contribution in [0.4, 0.5) is 8.78 Å². The number of aliphatic carboxylic acids is 1. The highest BCUT2D eigenvalue weighted by Gasteiger charge is 2.27. The quantitative estimate of drug-likeness (QED) is 0.0827. The Bertz CT molecular complexity index is 1910. The largest absolute Gasteiger partial charge is 0.504 e. The number of rotatable bonds is 10. The number of ether oxygens (including phenoxy) is 3. The predicted octanol–water partition coefficient (Wildman–Crippen LogP) is 6.22. The number of carbonyl (C=O) groups is 1. The number of nitrogens with zero attached hydrogens (tertiary/aromatic N) is 3. The maximum atomic E-state index is 15.8. The third-order valence-corrected chi connectivity index (χ3v) is 6.10. The first kappa shape index (κ1) is 29.3. The van der Waals surface area contributed by atoms with Gasteiger partial charge in [0.15, 0.2) is 11.5 Å². The lowest BCUT2D eigenvalue weighted by molar-refractivity contribution is -0.131. The summed E-state index contributed by atoms with van der Waals surface area (Å²) in [4.78, 5) is 19.0. The summed E-state index contributed by atoms with van der Waals surface area (Å²) in [6.45, 7) is 0. The number of imidazole rings is 1. The second kappa shape index (κ2) is 12.3. The molecular formula is C31H23F2N5O6. The Hall–Kier alpha value is -6.24. The van der Waals surface area contributed by atoms with Crippen molar-refractivity contribution in [2.45, 2.75) is 0 Å². The zero-order chi connectivity index (χ0) is 31.4. The van der Waals surface area contributed by atoms with Crippen LogP contribution in [0, 0.1) is 17.0 Å². The SMILES string of the molecule is Cn1ccnc1-c1cccc(Oc2nc(Oc3cc(C(=N)N)ccc3O)c(F)c(Oc3ccc(/C=C/C(=O)O)cc3)c2F)c1. The molecule has 3 aromatic carbocycles. The molecule has 0 saturated heterocycles. The molecule has 2 heterocycles. The smallest absolute Gasteiger partial charge is 0.328 e. The lowest BCUT2D eigenvalue weighted by Crippen LogP contribution is -2.11. The number of aromatic hydroxyl groups is 1. The van der Waals surface area contributed by atoms with Crippen LogP contribution in [0.25, 0.3) is 17.5 Å². The number of amidine groups is 1. The molecule has 5 aromatic rings. The molecule has 0 aliphatic rings. The van der Waals surface area contributed by atoms with Crippen LogP contribution in [0.5, 0.6) is 40.5 Å². The topological polar surface area (TPSA) is 166 Å². The van der Waals surface area contributed by atoms with Crippen molar-refractivity contribution in [3.8, 4) is 51.9 Å². The number of nitrogens with one attached hydrogen (secondary N) is 1. The van der Waals surface area contributed by atoms with Gasteiger partial charge in [0, 0.05) is 36.6 Å². The van der Waals surface area contributed by atoms with Crippen LogP contribution < -0.4 is 19.9 Å². The molecule has 0 bridgehead atoms. The first-order valence-electron chi connectivity index (χ1n) is 12.8. The predicted molar refractivity (Wildman–Crippen MR) is 155 cm³/mol. The van der Waals surface area contributed by atoms with Crippen molar-refractivity contribution >= 4 is 17.9 Å². The molecule has 0 fully saturated rings. The van der Waals surface area contributed by atoms with Gasteiger partial charge in [-0.15, -0.1) is 0 Å². The third-order valence-electron chi connectivity index (χ3n) is 6.10. The number of hydrogen-bond donors (Lipinski definition) is 4. The first-order chi connectivity index (χ1) is 21.1. The van der Waals surface area contributed by atoms with Gasteiger partial charge in [0.1, 0.15) is 23.2 Å². The van der Waals surface area contributed by atoms with E-state index in [1.54, 1.807) is 42.2 Å². The zero-order valence-corrected chi connectivity index (χ0v) is 22.9. The molecule has 5 rings (SSSR count). The molecular weight excluding hydrogens is 576 g/mol. The molecule has 44 heavy (non-hydrogen) atoms. The Morgan fingerprint density at radius 3 is 2.36 bits per heavy atom. The van der Waals surface area contributed by atoms with Crippen molar-refractivity contribution in [1.29, 1.82) is 5.41 Å². The van der Waals surface area contributed by atoms with Crippen LogP contribution in [0.15, 0.2) is 85.2 Å². The minimum Gasteiger partial charge on any atom is -0.504 e. The molecule has 0 aliphatic carbocycles. The molecule has 222 valence electrons. The molecule has 0 amide bonds. The number of phenolic OH excluding ortho intramolecular Hbond substituents is 1.